The first-order valence-corrected chi connectivity index (χ1v) is 5.77. The number of anilines is 1. The van der Waals surface area contributed by atoms with Crippen LogP contribution in [0, 0.1) is 0 Å². The third-order valence-electron chi connectivity index (χ3n) is 2.38. The molecule has 0 heterocycles. The van der Waals surface area contributed by atoms with E-state index >= 15 is 0 Å². The lowest BCUT2D eigenvalue weighted by molar-refractivity contribution is -0.123. The minimum absolute atomic E-state index is 0.214. The molecule has 0 aromatic heterocycles. The van der Waals surface area contributed by atoms with Gasteiger partial charge in [-0.15, -0.1) is 0 Å². The topological polar surface area (TPSA) is 64.3 Å². The molecule has 3 N–H and O–H groups in total. The molecule has 0 aliphatic carbocycles. The Morgan fingerprint density at radius 1 is 1.59 bits per heavy atom. The van der Waals surface area contributed by atoms with Crippen LogP contribution in [0.3, 0.4) is 0 Å². The van der Waals surface area contributed by atoms with Gasteiger partial charge in [0.2, 0.25) is 5.91 Å². The largest absolute Gasteiger partial charge is 0.379 e. The van der Waals surface area contributed by atoms with Crippen molar-refractivity contribution in [2.75, 3.05) is 18.5 Å². The summed E-state index contributed by atoms with van der Waals surface area (Å²) in [6.07, 6.45) is 0. The van der Waals surface area contributed by atoms with Crippen molar-refractivity contribution >= 4 is 23.2 Å². The lowest BCUT2D eigenvalue weighted by atomic mass is 10.0. The number of nitrogens with two attached hydrogens (primary N) is 1. The average molecular weight is 257 g/mol. The first-order valence-electron chi connectivity index (χ1n) is 5.39. The maximum atomic E-state index is 11.5. The Labute approximate surface area is 106 Å². The van der Waals surface area contributed by atoms with Crippen LogP contribution in [0.15, 0.2) is 24.3 Å². The Balaban J connectivity index is 2.83. The fourth-order valence-electron chi connectivity index (χ4n) is 1.36. The second-order valence-electron chi connectivity index (χ2n) is 3.97. The number of carbonyl (C=O) groups excluding carboxylic acids is 1. The van der Waals surface area contributed by atoms with E-state index in [-0.39, 0.29) is 6.61 Å². The molecule has 0 aliphatic rings. The Morgan fingerprint density at radius 3 is 2.82 bits per heavy atom. The number of hydrogen-bond acceptors (Lipinski definition) is 3. The molecule has 0 saturated heterocycles. The quantitative estimate of drug-likeness (QED) is 0.819. The van der Waals surface area contributed by atoms with Gasteiger partial charge in [-0.3, -0.25) is 4.79 Å². The van der Waals surface area contributed by atoms with Crippen LogP contribution >= 0.6 is 11.6 Å². The fourth-order valence-corrected chi connectivity index (χ4v) is 1.55. The van der Waals surface area contributed by atoms with Gasteiger partial charge in [-0.05, 0) is 32.0 Å². The summed E-state index contributed by atoms with van der Waals surface area (Å²) in [5.41, 5.74) is 5.17. The van der Waals surface area contributed by atoms with Gasteiger partial charge in [0, 0.05) is 17.3 Å². The Hall–Kier alpha value is -1.26. The highest BCUT2D eigenvalue weighted by Gasteiger charge is 2.31. The van der Waals surface area contributed by atoms with E-state index in [0.29, 0.717) is 11.6 Å². The van der Waals surface area contributed by atoms with Gasteiger partial charge in [0.05, 0.1) is 6.61 Å². The van der Waals surface area contributed by atoms with Crippen molar-refractivity contribution < 1.29 is 9.53 Å². The highest BCUT2D eigenvalue weighted by molar-refractivity contribution is 6.30. The van der Waals surface area contributed by atoms with E-state index in [1.165, 1.54) is 0 Å². The minimum atomic E-state index is -0.944. The number of amides is 1. The zero-order valence-electron chi connectivity index (χ0n) is 10.00. The van der Waals surface area contributed by atoms with Crippen molar-refractivity contribution in [2.24, 2.45) is 5.73 Å². The van der Waals surface area contributed by atoms with Gasteiger partial charge in [-0.2, -0.15) is 0 Å². The number of halogens is 1. The molecule has 0 saturated carbocycles. The second-order valence-corrected chi connectivity index (χ2v) is 4.41. The number of nitrogens with one attached hydrogen (secondary N) is 1. The van der Waals surface area contributed by atoms with Gasteiger partial charge in [0.15, 0.2) is 0 Å². The van der Waals surface area contributed by atoms with E-state index in [1.54, 1.807) is 25.1 Å². The van der Waals surface area contributed by atoms with E-state index in [2.05, 4.69) is 5.32 Å². The molecule has 1 aromatic carbocycles. The predicted octanol–water partition coefficient (Wildman–Crippen LogP) is 2.03. The second kappa shape index (κ2) is 5.89. The molecule has 4 nitrogen and oxygen atoms in total. The number of primary amides is 1. The summed E-state index contributed by atoms with van der Waals surface area (Å²) in [5.74, 6) is -0.467. The number of rotatable bonds is 6. The van der Waals surface area contributed by atoms with Crippen LogP contribution in [-0.2, 0) is 9.53 Å². The molecule has 0 fully saturated rings. The summed E-state index contributed by atoms with van der Waals surface area (Å²) >= 11 is 5.87. The molecule has 1 rings (SSSR count). The van der Waals surface area contributed by atoms with Crippen molar-refractivity contribution in [3.05, 3.63) is 29.3 Å². The standard InChI is InChI=1S/C12H17ClN2O2/c1-3-17-8-12(2,11(14)16)15-10-6-4-5-9(13)7-10/h4-7,15H,3,8H2,1-2H3,(H2,14,16). The maximum Gasteiger partial charge on any atom is 0.245 e. The summed E-state index contributed by atoms with van der Waals surface area (Å²) in [5, 5.41) is 3.64. The van der Waals surface area contributed by atoms with E-state index in [1.807, 2.05) is 13.0 Å². The third kappa shape index (κ3) is 3.91. The first kappa shape index (κ1) is 13.8. The zero-order valence-corrected chi connectivity index (χ0v) is 10.8. The van der Waals surface area contributed by atoms with E-state index in [4.69, 9.17) is 22.1 Å². The molecule has 0 aliphatic heterocycles. The minimum Gasteiger partial charge on any atom is -0.379 e. The summed E-state index contributed by atoms with van der Waals surface area (Å²) in [7, 11) is 0. The van der Waals surface area contributed by atoms with E-state index < -0.39 is 11.4 Å². The molecule has 0 radical (unpaired) electrons. The molecule has 0 bridgehead atoms. The fraction of sp³-hybridized carbons (Fsp3) is 0.417. The average Bonchev–Trinajstić information content (AvgIpc) is 2.26. The summed E-state index contributed by atoms with van der Waals surface area (Å²) in [6, 6.07) is 7.11. The van der Waals surface area contributed by atoms with Crippen LogP contribution in [0.2, 0.25) is 5.02 Å². The van der Waals surface area contributed by atoms with Crippen LogP contribution in [0.5, 0.6) is 0 Å². The highest BCUT2D eigenvalue weighted by Crippen LogP contribution is 2.19. The van der Waals surface area contributed by atoms with Crippen LogP contribution in [0.4, 0.5) is 5.69 Å². The predicted molar refractivity (Wildman–Crippen MR) is 69.2 cm³/mol. The van der Waals surface area contributed by atoms with Crippen molar-refractivity contribution in [1.82, 2.24) is 0 Å². The van der Waals surface area contributed by atoms with Crippen molar-refractivity contribution in [3.63, 3.8) is 0 Å². The van der Waals surface area contributed by atoms with Gasteiger partial charge >= 0.3 is 0 Å². The monoisotopic (exact) mass is 256 g/mol. The molecule has 5 heteroatoms. The summed E-state index contributed by atoms with van der Waals surface area (Å²) in [6.45, 7) is 4.30. The molecule has 1 atom stereocenters. The third-order valence-corrected chi connectivity index (χ3v) is 2.62. The normalized spacial score (nSPS) is 14.1. The number of carbonyl (C=O) groups is 1. The Morgan fingerprint density at radius 2 is 2.29 bits per heavy atom. The van der Waals surface area contributed by atoms with E-state index in [0.717, 1.165) is 5.69 Å². The molecule has 94 valence electrons. The summed E-state index contributed by atoms with van der Waals surface area (Å²) in [4.78, 5) is 11.5. The molecule has 1 amide bonds. The smallest absolute Gasteiger partial charge is 0.245 e. The first-order chi connectivity index (χ1) is 7.98. The molecular weight excluding hydrogens is 240 g/mol. The van der Waals surface area contributed by atoms with E-state index in [9.17, 15) is 4.79 Å². The van der Waals surface area contributed by atoms with Crippen LogP contribution in [0.1, 0.15) is 13.8 Å². The van der Waals surface area contributed by atoms with Gasteiger partial charge in [0.1, 0.15) is 5.54 Å². The Bertz CT molecular complexity index is 398. The number of hydrogen-bond donors (Lipinski definition) is 2. The number of benzene rings is 1. The van der Waals surface area contributed by atoms with Crippen LogP contribution < -0.4 is 11.1 Å². The van der Waals surface area contributed by atoms with Crippen molar-refractivity contribution in [2.45, 2.75) is 19.4 Å². The van der Waals surface area contributed by atoms with Crippen molar-refractivity contribution in [3.8, 4) is 0 Å². The highest BCUT2D eigenvalue weighted by atomic mass is 35.5. The lowest BCUT2D eigenvalue weighted by Crippen LogP contribution is -2.51. The molecule has 1 aromatic rings. The van der Waals surface area contributed by atoms with Crippen LogP contribution in [-0.4, -0.2) is 24.7 Å². The zero-order chi connectivity index (χ0) is 12.9. The molecule has 1 unspecified atom stereocenters. The molecular formula is C12H17ClN2O2. The lowest BCUT2D eigenvalue weighted by Gasteiger charge is -2.28. The Kier molecular flexibility index (Phi) is 4.78. The van der Waals surface area contributed by atoms with Gasteiger partial charge in [-0.1, -0.05) is 17.7 Å². The van der Waals surface area contributed by atoms with Crippen molar-refractivity contribution in [1.29, 1.82) is 0 Å². The maximum absolute atomic E-state index is 11.5. The molecule has 17 heavy (non-hydrogen) atoms. The summed E-state index contributed by atoms with van der Waals surface area (Å²) < 4.78 is 5.27. The van der Waals surface area contributed by atoms with Gasteiger partial charge in [0.25, 0.3) is 0 Å². The van der Waals surface area contributed by atoms with Crippen LogP contribution in [0.25, 0.3) is 0 Å². The SMILES string of the molecule is CCOCC(C)(Nc1cccc(Cl)c1)C(N)=O. The van der Waals surface area contributed by atoms with Gasteiger partial charge < -0.3 is 15.8 Å². The number of ether oxygens (including phenoxy) is 1. The molecule has 0 spiro atoms. The van der Waals surface area contributed by atoms with Gasteiger partial charge in [-0.25, -0.2) is 0 Å².